The third kappa shape index (κ3) is 27.4. The minimum absolute atomic E-state index is 0.0359. The van der Waals surface area contributed by atoms with Crippen molar-refractivity contribution >= 4 is 32.7 Å². The van der Waals surface area contributed by atoms with Gasteiger partial charge in [0.2, 0.25) is 0 Å². The standard InChI is InChI=1S/C38H66O14S2/c1-3-5-7-9-11-13-15-17-19-21-26-49-53(43,44)51-31-35(39)29-47-37(41)33-24-23-25-34(28-33)38(42)48-30-36(40)32-52-54(45,46)50-27-22-20-18-16-14-12-10-8-6-4-2/h23-25,28,35-36,39-40H,3-22,26-27,29-32H2,1-2H3. The summed E-state index contributed by atoms with van der Waals surface area (Å²) in [6, 6.07) is 5.23. The number of aliphatic hydroxyl groups is 2. The first-order valence-electron chi connectivity index (χ1n) is 19.8. The van der Waals surface area contributed by atoms with Gasteiger partial charge in [0.25, 0.3) is 0 Å². The maximum Gasteiger partial charge on any atom is 0.399 e. The molecule has 0 saturated heterocycles. The van der Waals surface area contributed by atoms with Gasteiger partial charge in [-0.2, -0.15) is 16.8 Å². The minimum atomic E-state index is -4.34. The molecule has 0 bridgehead atoms. The molecule has 16 heteroatoms. The van der Waals surface area contributed by atoms with Crippen molar-refractivity contribution in [2.75, 3.05) is 39.6 Å². The van der Waals surface area contributed by atoms with E-state index in [0.717, 1.165) is 44.6 Å². The van der Waals surface area contributed by atoms with Crippen LogP contribution in [0.1, 0.15) is 163 Å². The van der Waals surface area contributed by atoms with Crippen molar-refractivity contribution in [2.45, 2.75) is 154 Å². The van der Waals surface area contributed by atoms with Crippen LogP contribution in [0.25, 0.3) is 0 Å². The molecule has 0 spiro atoms. The van der Waals surface area contributed by atoms with Crippen LogP contribution in [0.4, 0.5) is 0 Å². The van der Waals surface area contributed by atoms with Crippen molar-refractivity contribution in [3.63, 3.8) is 0 Å². The summed E-state index contributed by atoms with van der Waals surface area (Å²) >= 11 is 0. The largest absolute Gasteiger partial charge is 0.459 e. The number of hydrogen-bond donors (Lipinski definition) is 2. The summed E-state index contributed by atoms with van der Waals surface area (Å²) in [5.41, 5.74) is -0.140. The molecule has 1 aromatic carbocycles. The van der Waals surface area contributed by atoms with Crippen LogP contribution in [-0.4, -0.2) is 90.8 Å². The Morgan fingerprint density at radius 1 is 0.500 bits per heavy atom. The summed E-state index contributed by atoms with van der Waals surface area (Å²) in [7, 11) is -8.68. The number of unbranched alkanes of at least 4 members (excludes halogenated alkanes) is 18. The van der Waals surface area contributed by atoms with Gasteiger partial charge in [0, 0.05) is 0 Å². The average Bonchev–Trinajstić information content (AvgIpc) is 3.15. The van der Waals surface area contributed by atoms with Crippen LogP contribution >= 0.6 is 0 Å². The molecular weight excluding hydrogens is 745 g/mol. The van der Waals surface area contributed by atoms with Crippen molar-refractivity contribution in [3.05, 3.63) is 35.4 Å². The summed E-state index contributed by atoms with van der Waals surface area (Å²) in [5, 5.41) is 20.1. The number of aliphatic hydroxyl groups excluding tert-OH is 2. The van der Waals surface area contributed by atoms with E-state index in [9.17, 15) is 36.6 Å². The smallest absolute Gasteiger partial charge is 0.399 e. The Kier molecular flexibility index (Phi) is 28.6. The quantitative estimate of drug-likeness (QED) is 0.0513. The molecule has 1 aromatic rings. The van der Waals surface area contributed by atoms with Crippen LogP contribution in [0.3, 0.4) is 0 Å². The molecule has 0 aliphatic carbocycles. The van der Waals surface area contributed by atoms with Gasteiger partial charge in [-0.25, -0.2) is 26.3 Å². The number of benzene rings is 1. The van der Waals surface area contributed by atoms with E-state index in [1.165, 1.54) is 95.2 Å². The fraction of sp³-hybridized carbons (Fsp3) is 0.789. The molecule has 14 nitrogen and oxygen atoms in total. The third-order valence-corrected chi connectivity index (χ3v) is 10.2. The summed E-state index contributed by atoms with van der Waals surface area (Å²) in [6.07, 6.45) is 18.8. The van der Waals surface area contributed by atoms with Crippen LogP contribution in [-0.2, 0) is 47.0 Å². The maximum atomic E-state index is 12.5. The van der Waals surface area contributed by atoms with Crippen molar-refractivity contribution in [3.8, 4) is 0 Å². The number of carbonyl (C=O) groups excluding carboxylic acids is 2. The molecule has 0 saturated carbocycles. The molecule has 1 rings (SSSR count). The highest BCUT2D eigenvalue weighted by atomic mass is 32.3. The highest BCUT2D eigenvalue weighted by Crippen LogP contribution is 2.14. The number of hydrogen-bond acceptors (Lipinski definition) is 14. The van der Waals surface area contributed by atoms with Gasteiger partial charge < -0.3 is 19.7 Å². The van der Waals surface area contributed by atoms with Gasteiger partial charge in [-0.3, -0.25) is 0 Å². The van der Waals surface area contributed by atoms with Gasteiger partial charge in [-0.1, -0.05) is 135 Å². The highest BCUT2D eigenvalue weighted by molar-refractivity contribution is 7.82. The van der Waals surface area contributed by atoms with Crippen molar-refractivity contribution in [1.29, 1.82) is 0 Å². The molecule has 2 N–H and O–H groups in total. The minimum Gasteiger partial charge on any atom is -0.459 e. The molecule has 2 unspecified atom stereocenters. The molecular formula is C38H66O14S2. The zero-order chi connectivity index (χ0) is 39.9. The van der Waals surface area contributed by atoms with Crippen molar-refractivity contribution in [1.82, 2.24) is 0 Å². The Hall–Kier alpha value is -2.18. The fourth-order valence-corrected chi connectivity index (χ4v) is 6.70. The predicted molar refractivity (Wildman–Crippen MR) is 204 cm³/mol. The van der Waals surface area contributed by atoms with E-state index in [-0.39, 0.29) is 24.3 Å². The fourth-order valence-electron chi connectivity index (χ4n) is 5.27. The molecule has 0 amide bonds. The van der Waals surface area contributed by atoms with Crippen LogP contribution in [0, 0.1) is 0 Å². The second kappa shape index (κ2) is 31.0. The van der Waals surface area contributed by atoms with E-state index in [1.807, 2.05) is 0 Å². The van der Waals surface area contributed by atoms with E-state index >= 15 is 0 Å². The van der Waals surface area contributed by atoms with Crippen molar-refractivity contribution < 1.29 is 62.8 Å². The Morgan fingerprint density at radius 2 is 0.815 bits per heavy atom. The monoisotopic (exact) mass is 810 g/mol. The first kappa shape index (κ1) is 49.8. The molecule has 54 heavy (non-hydrogen) atoms. The number of ether oxygens (including phenoxy) is 2. The molecule has 0 aromatic heterocycles. The first-order chi connectivity index (χ1) is 25.9. The normalized spacial score (nSPS) is 13.1. The lowest BCUT2D eigenvalue weighted by atomic mass is 10.1. The summed E-state index contributed by atoms with van der Waals surface area (Å²) in [4.78, 5) is 25.0. The summed E-state index contributed by atoms with van der Waals surface area (Å²) < 4.78 is 76.9. The lowest BCUT2D eigenvalue weighted by Crippen LogP contribution is -2.26. The van der Waals surface area contributed by atoms with E-state index in [0.29, 0.717) is 12.8 Å². The van der Waals surface area contributed by atoms with Gasteiger partial charge in [0.05, 0.1) is 37.6 Å². The lowest BCUT2D eigenvalue weighted by Gasteiger charge is -2.13. The molecule has 0 aliphatic heterocycles. The predicted octanol–water partition coefficient (Wildman–Crippen LogP) is 7.12. The molecule has 314 valence electrons. The van der Waals surface area contributed by atoms with Crippen LogP contribution in [0.15, 0.2) is 24.3 Å². The van der Waals surface area contributed by atoms with Crippen LogP contribution < -0.4 is 0 Å². The highest BCUT2D eigenvalue weighted by Gasteiger charge is 2.20. The van der Waals surface area contributed by atoms with E-state index < -0.39 is 71.4 Å². The Labute approximate surface area is 324 Å². The topological polar surface area (TPSA) is 198 Å². The van der Waals surface area contributed by atoms with Gasteiger partial charge in [-0.15, -0.1) is 0 Å². The lowest BCUT2D eigenvalue weighted by molar-refractivity contribution is 0.0114. The maximum absolute atomic E-state index is 12.5. The van der Waals surface area contributed by atoms with Gasteiger partial charge in [-0.05, 0) is 31.0 Å². The van der Waals surface area contributed by atoms with E-state index in [2.05, 4.69) is 22.2 Å². The molecule has 2 atom stereocenters. The molecule has 0 heterocycles. The third-order valence-electron chi connectivity index (χ3n) is 8.41. The van der Waals surface area contributed by atoms with Crippen LogP contribution in [0.2, 0.25) is 0 Å². The van der Waals surface area contributed by atoms with Crippen LogP contribution in [0.5, 0.6) is 0 Å². The van der Waals surface area contributed by atoms with E-state index in [4.69, 9.17) is 17.8 Å². The van der Waals surface area contributed by atoms with Crippen molar-refractivity contribution in [2.24, 2.45) is 0 Å². The second-order valence-corrected chi connectivity index (χ2v) is 16.1. The second-order valence-electron chi connectivity index (χ2n) is 13.5. The van der Waals surface area contributed by atoms with Gasteiger partial charge >= 0.3 is 32.7 Å². The van der Waals surface area contributed by atoms with Gasteiger partial charge in [0.15, 0.2) is 0 Å². The van der Waals surface area contributed by atoms with E-state index in [1.54, 1.807) is 0 Å². The Balaban J connectivity index is 2.26. The molecule has 0 fully saturated rings. The number of esters is 2. The molecule has 0 radical (unpaired) electrons. The zero-order valence-electron chi connectivity index (χ0n) is 32.5. The molecule has 0 aliphatic rings. The average molecular weight is 811 g/mol. The first-order valence-corrected chi connectivity index (χ1v) is 22.4. The SMILES string of the molecule is CCCCCCCCCCCCOS(=O)(=O)OCC(O)COC(=O)c1cccc(C(=O)OCC(O)COS(=O)(=O)OCCCCCCCCCCCC)c1. The Bertz CT molecular complexity index is 1240. The number of carbonyl (C=O) groups is 2. The van der Waals surface area contributed by atoms with Gasteiger partial charge in [0.1, 0.15) is 25.4 Å². The zero-order valence-corrected chi connectivity index (χ0v) is 34.1. The Morgan fingerprint density at radius 3 is 1.15 bits per heavy atom. The summed E-state index contributed by atoms with van der Waals surface area (Å²) in [6.45, 7) is 1.72. The number of rotatable bonds is 36. The summed E-state index contributed by atoms with van der Waals surface area (Å²) in [5.74, 6) is -1.83.